The lowest BCUT2D eigenvalue weighted by Gasteiger charge is -2.22. The Balaban J connectivity index is 2.03. The Morgan fingerprint density at radius 2 is 1.78 bits per heavy atom. The molecule has 0 radical (unpaired) electrons. The van der Waals surface area contributed by atoms with Crippen molar-refractivity contribution in [1.82, 2.24) is 0 Å². The molecule has 3 heteroatoms. The first-order chi connectivity index (χ1) is 8.51. The second-order valence-corrected chi connectivity index (χ2v) is 5.59. The quantitative estimate of drug-likeness (QED) is 0.861. The molecule has 1 aromatic rings. The number of benzene rings is 1. The van der Waals surface area contributed by atoms with Gasteiger partial charge < -0.3 is 11.1 Å². The Hall–Kier alpha value is -1.35. The zero-order valence-electron chi connectivity index (χ0n) is 11.2. The number of anilines is 1. The maximum absolute atomic E-state index is 12.1. The Morgan fingerprint density at radius 1 is 1.22 bits per heavy atom. The van der Waals surface area contributed by atoms with Crippen LogP contribution in [0, 0.1) is 0 Å². The van der Waals surface area contributed by atoms with Gasteiger partial charge in [0, 0.05) is 5.69 Å². The SMILES string of the molecule is CC(C)c1ccc(NC(=O)C2(N)CCCC2)cc1. The van der Waals surface area contributed by atoms with Crippen LogP contribution in [0.25, 0.3) is 0 Å². The van der Waals surface area contributed by atoms with Gasteiger partial charge in [0.25, 0.3) is 0 Å². The first-order valence-corrected chi connectivity index (χ1v) is 6.71. The molecule has 1 amide bonds. The van der Waals surface area contributed by atoms with Crippen LogP contribution in [0.1, 0.15) is 51.0 Å². The van der Waals surface area contributed by atoms with E-state index in [1.54, 1.807) is 0 Å². The minimum absolute atomic E-state index is 0.0442. The third-order valence-corrected chi connectivity index (χ3v) is 3.78. The summed E-state index contributed by atoms with van der Waals surface area (Å²) in [6.45, 7) is 4.31. The molecular weight excluding hydrogens is 224 g/mol. The van der Waals surface area contributed by atoms with Gasteiger partial charge in [-0.25, -0.2) is 0 Å². The zero-order chi connectivity index (χ0) is 13.2. The second-order valence-electron chi connectivity index (χ2n) is 5.59. The van der Waals surface area contributed by atoms with E-state index in [1.165, 1.54) is 5.56 Å². The second kappa shape index (κ2) is 5.11. The van der Waals surface area contributed by atoms with Gasteiger partial charge >= 0.3 is 0 Å². The number of carbonyl (C=O) groups excluding carboxylic acids is 1. The molecule has 0 heterocycles. The summed E-state index contributed by atoms with van der Waals surface area (Å²) >= 11 is 0. The summed E-state index contributed by atoms with van der Waals surface area (Å²) in [6.07, 6.45) is 3.69. The first kappa shape index (κ1) is 13.1. The van der Waals surface area contributed by atoms with Crippen molar-refractivity contribution in [2.45, 2.75) is 51.0 Å². The lowest BCUT2D eigenvalue weighted by molar-refractivity contribution is -0.121. The standard InChI is InChI=1S/C15H22N2O/c1-11(2)12-5-7-13(8-6-12)17-14(18)15(16)9-3-4-10-15/h5-8,11H,3-4,9-10,16H2,1-2H3,(H,17,18). The van der Waals surface area contributed by atoms with Crippen molar-refractivity contribution in [1.29, 1.82) is 0 Å². The molecule has 1 aliphatic rings. The van der Waals surface area contributed by atoms with Crippen LogP contribution >= 0.6 is 0 Å². The number of nitrogens with one attached hydrogen (secondary N) is 1. The molecule has 1 aromatic carbocycles. The third-order valence-electron chi connectivity index (χ3n) is 3.78. The maximum atomic E-state index is 12.1. The minimum Gasteiger partial charge on any atom is -0.324 e. The highest BCUT2D eigenvalue weighted by Gasteiger charge is 2.36. The van der Waals surface area contributed by atoms with E-state index in [9.17, 15) is 4.79 Å². The van der Waals surface area contributed by atoms with E-state index < -0.39 is 5.54 Å². The van der Waals surface area contributed by atoms with Gasteiger partial charge in [0.15, 0.2) is 0 Å². The highest BCUT2D eigenvalue weighted by Crippen LogP contribution is 2.28. The molecule has 1 aliphatic carbocycles. The van der Waals surface area contributed by atoms with Crippen LogP contribution in [0.5, 0.6) is 0 Å². The van der Waals surface area contributed by atoms with Gasteiger partial charge in [-0.3, -0.25) is 4.79 Å². The van der Waals surface area contributed by atoms with E-state index >= 15 is 0 Å². The zero-order valence-corrected chi connectivity index (χ0v) is 11.2. The summed E-state index contributed by atoms with van der Waals surface area (Å²) in [5.41, 5.74) is 7.57. The van der Waals surface area contributed by atoms with E-state index in [-0.39, 0.29) is 5.91 Å². The van der Waals surface area contributed by atoms with Gasteiger partial charge in [-0.15, -0.1) is 0 Å². The highest BCUT2D eigenvalue weighted by molar-refractivity contribution is 5.98. The van der Waals surface area contributed by atoms with Gasteiger partial charge in [0.05, 0.1) is 5.54 Å². The molecule has 98 valence electrons. The minimum atomic E-state index is -0.656. The number of carbonyl (C=O) groups is 1. The normalized spacial score (nSPS) is 18.0. The molecule has 0 saturated heterocycles. The van der Waals surface area contributed by atoms with Crippen molar-refractivity contribution in [3.63, 3.8) is 0 Å². The van der Waals surface area contributed by atoms with Crippen molar-refractivity contribution in [2.24, 2.45) is 5.73 Å². The van der Waals surface area contributed by atoms with Crippen LogP contribution in [0.3, 0.4) is 0 Å². The molecule has 3 nitrogen and oxygen atoms in total. The third kappa shape index (κ3) is 2.72. The monoisotopic (exact) mass is 246 g/mol. The maximum Gasteiger partial charge on any atom is 0.244 e. The lowest BCUT2D eigenvalue weighted by Crippen LogP contribution is -2.48. The molecule has 18 heavy (non-hydrogen) atoms. The number of amides is 1. The van der Waals surface area contributed by atoms with Crippen molar-refractivity contribution < 1.29 is 4.79 Å². The van der Waals surface area contributed by atoms with Crippen LogP contribution in [0.4, 0.5) is 5.69 Å². The molecular formula is C15H22N2O. The fraction of sp³-hybridized carbons (Fsp3) is 0.533. The van der Waals surface area contributed by atoms with Crippen LogP contribution in [-0.2, 0) is 4.79 Å². The number of nitrogens with two attached hydrogens (primary N) is 1. The molecule has 1 saturated carbocycles. The average molecular weight is 246 g/mol. The molecule has 0 unspecified atom stereocenters. The molecule has 2 rings (SSSR count). The summed E-state index contributed by atoms with van der Waals surface area (Å²) in [7, 11) is 0. The number of rotatable bonds is 3. The van der Waals surface area contributed by atoms with Crippen LogP contribution < -0.4 is 11.1 Å². The topological polar surface area (TPSA) is 55.1 Å². The van der Waals surface area contributed by atoms with Crippen molar-refractivity contribution in [3.8, 4) is 0 Å². The van der Waals surface area contributed by atoms with E-state index in [1.807, 2.05) is 12.1 Å². The van der Waals surface area contributed by atoms with Gasteiger partial charge in [-0.1, -0.05) is 38.8 Å². The fourth-order valence-corrected chi connectivity index (χ4v) is 2.44. The van der Waals surface area contributed by atoms with Gasteiger partial charge in [0.2, 0.25) is 5.91 Å². The van der Waals surface area contributed by atoms with E-state index in [2.05, 4.69) is 31.3 Å². The summed E-state index contributed by atoms with van der Waals surface area (Å²) < 4.78 is 0. The molecule has 0 bridgehead atoms. The van der Waals surface area contributed by atoms with E-state index in [4.69, 9.17) is 5.73 Å². The Bertz CT molecular complexity index is 417. The Morgan fingerprint density at radius 3 is 2.28 bits per heavy atom. The van der Waals surface area contributed by atoms with Gasteiger partial charge in [0.1, 0.15) is 0 Å². The van der Waals surface area contributed by atoms with Crippen LogP contribution in [-0.4, -0.2) is 11.4 Å². The molecule has 1 fully saturated rings. The smallest absolute Gasteiger partial charge is 0.244 e. The molecule has 0 spiro atoms. The molecule has 0 aliphatic heterocycles. The summed E-state index contributed by atoms with van der Waals surface area (Å²) in [4.78, 5) is 12.1. The summed E-state index contributed by atoms with van der Waals surface area (Å²) in [6, 6.07) is 8.01. The van der Waals surface area contributed by atoms with Gasteiger partial charge in [-0.2, -0.15) is 0 Å². The average Bonchev–Trinajstić information content (AvgIpc) is 2.78. The summed E-state index contributed by atoms with van der Waals surface area (Å²) in [5, 5.41) is 2.93. The van der Waals surface area contributed by atoms with Crippen molar-refractivity contribution in [3.05, 3.63) is 29.8 Å². The molecule has 0 atom stereocenters. The molecule has 3 N–H and O–H groups in total. The predicted octanol–water partition coefficient (Wildman–Crippen LogP) is 3.02. The van der Waals surface area contributed by atoms with E-state index in [0.717, 1.165) is 31.4 Å². The van der Waals surface area contributed by atoms with Crippen LogP contribution in [0.2, 0.25) is 0 Å². The largest absolute Gasteiger partial charge is 0.324 e. The first-order valence-electron chi connectivity index (χ1n) is 6.71. The Kier molecular flexibility index (Phi) is 3.71. The molecule has 0 aromatic heterocycles. The number of hydrogen-bond donors (Lipinski definition) is 2. The number of hydrogen-bond acceptors (Lipinski definition) is 2. The lowest BCUT2D eigenvalue weighted by atomic mass is 9.98. The predicted molar refractivity (Wildman–Crippen MR) is 74.5 cm³/mol. The van der Waals surface area contributed by atoms with Crippen molar-refractivity contribution in [2.75, 3.05) is 5.32 Å². The van der Waals surface area contributed by atoms with Crippen molar-refractivity contribution >= 4 is 11.6 Å². The van der Waals surface area contributed by atoms with Crippen LogP contribution in [0.15, 0.2) is 24.3 Å². The Labute approximate surface area is 109 Å². The summed E-state index contributed by atoms with van der Waals surface area (Å²) in [5.74, 6) is 0.461. The van der Waals surface area contributed by atoms with E-state index in [0.29, 0.717) is 5.92 Å². The highest BCUT2D eigenvalue weighted by atomic mass is 16.2. The fourth-order valence-electron chi connectivity index (χ4n) is 2.44. The van der Waals surface area contributed by atoms with Gasteiger partial charge in [-0.05, 0) is 36.5 Å².